The molecular weight excluding hydrogens is 262 g/mol. The van der Waals surface area contributed by atoms with Crippen molar-refractivity contribution >= 4 is 21.3 Å². The van der Waals surface area contributed by atoms with Gasteiger partial charge in [-0.1, -0.05) is 12.1 Å². The molecule has 0 atom stereocenters. The number of carbonyl (C=O) groups is 1. The van der Waals surface area contributed by atoms with Crippen molar-refractivity contribution in [2.24, 2.45) is 0 Å². The minimum absolute atomic E-state index is 0.0549. The van der Waals surface area contributed by atoms with Gasteiger partial charge in [0.05, 0.1) is 11.0 Å². The average Bonchev–Trinajstić information content (AvgIpc) is 2.82. The van der Waals surface area contributed by atoms with Crippen molar-refractivity contribution in [2.45, 2.75) is 31.9 Å². The van der Waals surface area contributed by atoms with Crippen LogP contribution in [0.25, 0.3) is 0 Å². The molecule has 1 aromatic carbocycles. The minimum atomic E-state index is -3.15. The van der Waals surface area contributed by atoms with Gasteiger partial charge in [0, 0.05) is 24.2 Å². The van der Waals surface area contributed by atoms with Crippen LogP contribution in [0, 0.1) is 0 Å². The van der Waals surface area contributed by atoms with Crippen molar-refractivity contribution in [3.05, 3.63) is 29.3 Å². The van der Waals surface area contributed by atoms with Gasteiger partial charge in [-0.05, 0) is 31.9 Å². The molecule has 1 aromatic rings. The zero-order chi connectivity index (χ0) is 14.0. The van der Waals surface area contributed by atoms with E-state index in [4.69, 9.17) is 0 Å². The highest BCUT2D eigenvalue weighted by Crippen LogP contribution is 2.23. The number of fused-ring (bicyclic) bond motifs is 1. The SMILES string of the molecule is CC(C)S(=O)(=O)CCC(=O)c1ccc2c(c1)NCC2. The molecule has 0 aliphatic carbocycles. The molecule has 5 heteroatoms. The summed E-state index contributed by atoms with van der Waals surface area (Å²) in [7, 11) is -3.15. The fourth-order valence-electron chi connectivity index (χ4n) is 2.08. The van der Waals surface area contributed by atoms with Crippen LogP contribution in [-0.4, -0.2) is 31.7 Å². The smallest absolute Gasteiger partial charge is 0.163 e. The summed E-state index contributed by atoms with van der Waals surface area (Å²) in [6, 6.07) is 5.56. The predicted molar refractivity (Wildman–Crippen MR) is 76.5 cm³/mol. The number of nitrogens with one attached hydrogen (secondary N) is 1. The molecule has 2 rings (SSSR count). The Kier molecular flexibility index (Phi) is 3.94. The average molecular weight is 281 g/mol. The third-order valence-electron chi connectivity index (χ3n) is 3.47. The van der Waals surface area contributed by atoms with E-state index in [0.717, 1.165) is 18.7 Å². The van der Waals surface area contributed by atoms with E-state index in [2.05, 4.69) is 5.32 Å². The molecule has 0 saturated carbocycles. The Morgan fingerprint density at radius 2 is 2.11 bits per heavy atom. The monoisotopic (exact) mass is 281 g/mol. The Morgan fingerprint density at radius 1 is 1.37 bits per heavy atom. The van der Waals surface area contributed by atoms with Crippen molar-refractivity contribution < 1.29 is 13.2 Å². The number of hydrogen-bond donors (Lipinski definition) is 1. The first-order chi connectivity index (χ1) is 8.90. The van der Waals surface area contributed by atoms with Gasteiger partial charge in [-0.25, -0.2) is 8.42 Å². The topological polar surface area (TPSA) is 63.2 Å². The van der Waals surface area contributed by atoms with Crippen LogP contribution in [0.4, 0.5) is 5.69 Å². The quantitative estimate of drug-likeness (QED) is 0.839. The third kappa shape index (κ3) is 3.15. The number of sulfone groups is 1. The molecule has 1 aliphatic heterocycles. The van der Waals surface area contributed by atoms with Gasteiger partial charge in [-0.3, -0.25) is 4.79 Å². The molecule has 0 saturated heterocycles. The van der Waals surface area contributed by atoms with Gasteiger partial charge in [0.2, 0.25) is 0 Å². The number of hydrogen-bond acceptors (Lipinski definition) is 4. The Bertz CT molecular complexity index is 591. The number of anilines is 1. The molecule has 1 N–H and O–H groups in total. The summed E-state index contributed by atoms with van der Waals surface area (Å²) in [5.41, 5.74) is 2.80. The molecule has 4 nitrogen and oxygen atoms in total. The number of ketones is 1. The van der Waals surface area contributed by atoms with E-state index in [9.17, 15) is 13.2 Å². The van der Waals surface area contributed by atoms with E-state index < -0.39 is 15.1 Å². The number of Topliss-reactive ketones (excluding diaryl/α,β-unsaturated/α-hetero) is 1. The van der Waals surface area contributed by atoms with Crippen LogP contribution < -0.4 is 5.32 Å². The lowest BCUT2D eigenvalue weighted by molar-refractivity contribution is 0.0989. The summed E-state index contributed by atoms with van der Waals surface area (Å²) in [6.45, 7) is 4.17. The second-order valence-corrected chi connectivity index (χ2v) is 7.81. The van der Waals surface area contributed by atoms with Crippen LogP contribution in [0.2, 0.25) is 0 Å². The van der Waals surface area contributed by atoms with Gasteiger partial charge < -0.3 is 5.32 Å². The Hall–Kier alpha value is -1.36. The lowest BCUT2D eigenvalue weighted by atomic mass is 10.0. The Morgan fingerprint density at radius 3 is 2.79 bits per heavy atom. The maximum Gasteiger partial charge on any atom is 0.163 e. The van der Waals surface area contributed by atoms with Crippen molar-refractivity contribution in [1.82, 2.24) is 0 Å². The standard InChI is InChI=1S/C14H19NO3S/c1-10(2)19(17,18)8-6-14(16)12-4-3-11-5-7-15-13(11)9-12/h3-4,9-10,15H,5-8H2,1-2H3. The molecule has 0 amide bonds. The van der Waals surface area contributed by atoms with Gasteiger partial charge in [-0.15, -0.1) is 0 Å². The molecule has 0 unspecified atom stereocenters. The van der Waals surface area contributed by atoms with Gasteiger partial charge >= 0.3 is 0 Å². The molecule has 0 bridgehead atoms. The van der Waals surface area contributed by atoms with Gasteiger partial charge in [0.25, 0.3) is 0 Å². The van der Waals surface area contributed by atoms with Crippen LogP contribution in [0.1, 0.15) is 36.2 Å². The van der Waals surface area contributed by atoms with Gasteiger partial charge in [-0.2, -0.15) is 0 Å². The summed E-state index contributed by atoms with van der Waals surface area (Å²) in [6.07, 6.45) is 1.03. The maximum atomic E-state index is 12.0. The summed E-state index contributed by atoms with van der Waals surface area (Å²) < 4.78 is 23.4. The molecule has 1 heterocycles. The van der Waals surface area contributed by atoms with E-state index in [1.807, 2.05) is 12.1 Å². The first-order valence-corrected chi connectivity index (χ1v) is 8.23. The van der Waals surface area contributed by atoms with E-state index in [1.54, 1.807) is 19.9 Å². The molecule has 0 aromatic heterocycles. The van der Waals surface area contributed by atoms with Crippen LogP contribution in [0.15, 0.2) is 18.2 Å². The van der Waals surface area contributed by atoms with Crippen LogP contribution in [0.3, 0.4) is 0 Å². The second-order valence-electron chi connectivity index (χ2n) is 5.14. The minimum Gasteiger partial charge on any atom is -0.384 e. The predicted octanol–water partition coefficient (Wildman–Crippen LogP) is 2.05. The van der Waals surface area contributed by atoms with Gasteiger partial charge in [0.1, 0.15) is 0 Å². The second kappa shape index (κ2) is 5.33. The molecule has 104 valence electrons. The van der Waals surface area contributed by atoms with Crippen LogP contribution in [0.5, 0.6) is 0 Å². The number of rotatable bonds is 5. The molecule has 0 radical (unpaired) electrons. The molecule has 0 fully saturated rings. The van der Waals surface area contributed by atoms with Crippen molar-refractivity contribution in [3.8, 4) is 0 Å². The van der Waals surface area contributed by atoms with E-state index >= 15 is 0 Å². The van der Waals surface area contributed by atoms with E-state index in [-0.39, 0.29) is 18.0 Å². The first kappa shape index (κ1) is 14.1. The van der Waals surface area contributed by atoms with Crippen molar-refractivity contribution in [1.29, 1.82) is 0 Å². The van der Waals surface area contributed by atoms with Crippen LogP contribution in [-0.2, 0) is 16.3 Å². The number of benzene rings is 1. The fraction of sp³-hybridized carbons (Fsp3) is 0.500. The summed E-state index contributed by atoms with van der Waals surface area (Å²) in [5, 5.41) is 2.79. The van der Waals surface area contributed by atoms with Crippen molar-refractivity contribution in [3.63, 3.8) is 0 Å². The number of carbonyl (C=O) groups excluding carboxylic acids is 1. The first-order valence-electron chi connectivity index (χ1n) is 6.52. The van der Waals surface area contributed by atoms with Crippen molar-refractivity contribution in [2.75, 3.05) is 17.6 Å². The maximum absolute atomic E-state index is 12.0. The fourth-order valence-corrected chi connectivity index (χ4v) is 3.02. The Balaban J connectivity index is 2.05. The highest BCUT2D eigenvalue weighted by molar-refractivity contribution is 7.91. The largest absolute Gasteiger partial charge is 0.384 e. The Labute approximate surface area is 114 Å². The van der Waals surface area contributed by atoms with E-state index in [1.165, 1.54) is 5.56 Å². The summed E-state index contributed by atoms with van der Waals surface area (Å²) in [4.78, 5) is 12.0. The van der Waals surface area contributed by atoms with Crippen LogP contribution >= 0.6 is 0 Å². The molecule has 0 spiro atoms. The molecule has 1 aliphatic rings. The normalized spacial score (nSPS) is 14.3. The lowest BCUT2D eigenvalue weighted by Crippen LogP contribution is -2.19. The molecular formula is C14H19NO3S. The summed E-state index contributed by atoms with van der Waals surface area (Å²) >= 11 is 0. The van der Waals surface area contributed by atoms with E-state index in [0.29, 0.717) is 5.56 Å². The zero-order valence-corrected chi connectivity index (χ0v) is 12.1. The lowest BCUT2D eigenvalue weighted by Gasteiger charge is -2.08. The molecule has 19 heavy (non-hydrogen) atoms. The highest BCUT2D eigenvalue weighted by Gasteiger charge is 2.19. The summed E-state index contributed by atoms with van der Waals surface area (Å²) in [5.74, 6) is -0.186. The third-order valence-corrected chi connectivity index (χ3v) is 5.68. The highest BCUT2D eigenvalue weighted by atomic mass is 32.2. The zero-order valence-electron chi connectivity index (χ0n) is 11.3. The van der Waals surface area contributed by atoms with Gasteiger partial charge in [0.15, 0.2) is 15.6 Å².